The number of alkyl halides is 3. The molecule has 0 aromatic carbocycles. The van der Waals surface area contributed by atoms with Gasteiger partial charge in [0.2, 0.25) is 5.92 Å². The molecule has 0 saturated heterocycles. The predicted molar refractivity (Wildman–Crippen MR) is 23.2 cm³/mol. The number of aliphatic carboxylic acids is 1. The summed E-state index contributed by atoms with van der Waals surface area (Å²) in [5.41, 5.74) is 0. The molecule has 0 spiro atoms. The Labute approximate surface area is 53.4 Å². The van der Waals surface area contributed by atoms with Crippen molar-refractivity contribution in [2.45, 2.75) is 6.18 Å². The van der Waals surface area contributed by atoms with E-state index in [1.54, 1.807) is 0 Å². The monoisotopic (exact) mass is 156 g/mol. The molecule has 0 radical (unpaired) electrons. The van der Waals surface area contributed by atoms with Gasteiger partial charge in [-0.25, -0.2) is 0 Å². The molecule has 0 amide bonds. The molecule has 0 rings (SSSR count). The van der Waals surface area contributed by atoms with E-state index < -0.39 is 24.3 Å². The molecular formula is C4H3F3O3. The van der Waals surface area contributed by atoms with Crippen LogP contribution in [0.15, 0.2) is 0 Å². The maximum Gasteiger partial charge on any atom is 0.408 e. The van der Waals surface area contributed by atoms with Crippen molar-refractivity contribution >= 4 is 12.3 Å². The average molecular weight is 156 g/mol. The highest BCUT2D eigenvalue weighted by Gasteiger charge is 2.44. The second-order valence-corrected chi connectivity index (χ2v) is 1.49. The molecule has 3 nitrogen and oxygen atoms in total. The second kappa shape index (κ2) is 2.68. The van der Waals surface area contributed by atoms with Crippen LogP contribution in [-0.4, -0.2) is 23.5 Å². The molecule has 0 heterocycles. The van der Waals surface area contributed by atoms with Gasteiger partial charge in [0.05, 0.1) is 0 Å². The molecule has 0 aliphatic carbocycles. The molecule has 0 aliphatic heterocycles. The van der Waals surface area contributed by atoms with E-state index in [1.807, 2.05) is 0 Å². The van der Waals surface area contributed by atoms with Gasteiger partial charge in [-0.3, -0.25) is 4.79 Å². The summed E-state index contributed by atoms with van der Waals surface area (Å²) in [6.45, 7) is 0. The fraction of sp³-hybridized carbons (Fsp3) is 0.500. The maximum absolute atomic E-state index is 11.4. The number of carboxylic acid groups (broad SMARTS) is 1. The van der Waals surface area contributed by atoms with Gasteiger partial charge in [-0.05, 0) is 0 Å². The highest BCUT2D eigenvalue weighted by Crippen LogP contribution is 2.24. The zero-order valence-corrected chi connectivity index (χ0v) is 4.55. The Morgan fingerprint density at radius 3 is 1.90 bits per heavy atom. The third-order valence-electron chi connectivity index (χ3n) is 0.755. The first kappa shape index (κ1) is 8.93. The molecule has 10 heavy (non-hydrogen) atoms. The van der Waals surface area contributed by atoms with Gasteiger partial charge >= 0.3 is 12.1 Å². The lowest BCUT2D eigenvalue weighted by Crippen LogP contribution is -2.31. The quantitative estimate of drug-likeness (QED) is 0.466. The van der Waals surface area contributed by atoms with Crippen molar-refractivity contribution in [2.75, 3.05) is 0 Å². The van der Waals surface area contributed by atoms with Crippen LogP contribution in [0, 0.1) is 5.92 Å². The molecule has 58 valence electrons. The van der Waals surface area contributed by atoms with Gasteiger partial charge in [-0.1, -0.05) is 0 Å². The van der Waals surface area contributed by atoms with Crippen LogP contribution >= 0.6 is 0 Å². The molecular weight excluding hydrogens is 153 g/mol. The third kappa shape index (κ3) is 2.04. The van der Waals surface area contributed by atoms with Crippen molar-refractivity contribution in [3.8, 4) is 0 Å². The van der Waals surface area contributed by atoms with Crippen molar-refractivity contribution in [2.24, 2.45) is 5.92 Å². The smallest absolute Gasteiger partial charge is 0.408 e. The summed E-state index contributed by atoms with van der Waals surface area (Å²) in [7, 11) is 0. The van der Waals surface area contributed by atoms with Crippen molar-refractivity contribution in [3.63, 3.8) is 0 Å². The molecule has 0 aromatic rings. The molecule has 0 aromatic heterocycles. The molecule has 1 atom stereocenters. The first-order chi connectivity index (χ1) is 4.39. The lowest BCUT2D eigenvalue weighted by atomic mass is 10.2. The number of carboxylic acids is 1. The first-order valence-corrected chi connectivity index (χ1v) is 2.14. The zero-order valence-electron chi connectivity index (χ0n) is 4.55. The molecule has 0 bridgehead atoms. The maximum atomic E-state index is 11.4. The van der Waals surface area contributed by atoms with Crippen molar-refractivity contribution in [3.05, 3.63) is 0 Å². The van der Waals surface area contributed by atoms with Gasteiger partial charge in [0.15, 0.2) is 0 Å². The Morgan fingerprint density at radius 1 is 1.50 bits per heavy atom. The van der Waals surface area contributed by atoms with Crippen LogP contribution in [0.5, 0.6) is 0 Å². The van der Waals surface area contributed by atoms with Crippen molar-refractivity contribution in [1.82, 2.24) is 0 Å². The minimum Gasteiger partial charge on any atom is -0.480 e. The summed E-state index contributed by atoms with van der Waals surface area (Å²) >= 11 is 0. The van der Waals surface area contributed by atoms with Crippen LogP contribution in [0.1, 0.15) is 0 Å². The molecule has 0 saturated carbocycles. The lowest BCUT2D eigenvalue weighted by Gasteiger charge is -2.07. The summed E-state index contributed by atoms with van der Waals surface area (Å²) in [6.07, 6.45) is -5.63. The first-order valence-electron chi connectivity index (χ1n) is 2.14. The normalized spacial score (nSPS) is 14.3. The SMILES string of the molecule is O=CC(C(=O)O)C(F)(F)F. The number of carbonyl (C=O) groups excluding carboxylic acids is 1. The summed E-state index contributed by atoms with van der Waals surface area (Å²) in [5, 5.41) is 7.76. The topological polar surface area (TPSA) is 54.4 Å². The van der Waals surface area contributed by atoms with Crippen LogP contribution in [0.2, 0.25) is 0 Å². The van der Waals surface area contributed by atoms with E-state index in [4.69, 9.17) is 5.11 Å². The molecule has 0 aliphatic rings. The minimum atomic E-state index is -4.98. The van der Waals surface area contributed by atoms with E-state index >= 15 is 0 Å². The van der Waals surface area contributed by atoms with Crippen LogP contribution in [0.3, 0.4) is 0 Å². The van der Waals surface area contributed by atoms with E-state index in [0.717, 1.165) is 0 Å². The number of halogens is 3. The van der Waals surface area contributed by atoms with Gasteiger partial charge < -0.3 is 9.90 Å². The summed E-state index contributed by atoms with van der Waals surface area (Å²) in [5.74, 6) is -5.07. The van der Waals surface area contributed by atoms with Gasteiger partial charge in [0, 0.05) is 0 Å². The Morgan fingerprint density at radius 2 is 1.90 bits per heavy atom. The summed E-state index contributed by atoms with van der Waals surface area (Å²) in [4.78, 5) is 19.1. The minimum absolute atomic E-state index is 0.650. The fourth-order valence-corrected chi connectivity index (χ4v) is 0.275. The van der Waals surface area contributed by atoms with E-state index in [0.29, 0.717) is 0 Å². The Bertz CT molecular complexity index is 150. The van der Waals surface area contributed by atoms with Crippen LogP contribution in [0.4, 0.5) is 13.2 Å². The Kier molecular flexibility index (Phi) is 2.39. The number of aldehydes is 1. The third-order valence-corrected chi connectivity index (χ3v) is 0.755. The van der Waals surface area contributed by atoms with Gasteiger partial charge in [0.1, 0.15) is 6.29 Å². The van der Waals surface area contributed by atoms with Gasteiger partial charge in [-0.2, -0.15) is 13.2 Å². The molecule has 6 heteroatoms. The van der Waals surface area contributed by atoms with Gasteiger partial charge in [0.25, 0.3) is 0 Å². The molecule has 1 N–H and O–H groups in total. The molecule has 0 fully saturated rings. The van der Waals surface area contributed by atoms with E-state index in [-0.39, 0.29) is 0 Å². The molecule has 1 unspecified atom stereocenters. The number of hydrogen-bond donors (Lipinski definition) is 1. The van der Waals surface area contributed by atoms with E-state index in [2.05, 4.69) is 0 Å². The number of hydrogen-bond acceptors (Lipinski definition) is 2. The van der Waals surface area contributed by atoms with Gasteiger partial charge in [-0.15, -0.1) is 0 Å². The summed E-state index contributed by atoms with van der Waals surface area (Å²) < 4.78 is 34.1. The largest absolute Gasteiger partial charge is 0.480 e. The number of carbonyl (C=O) groups is 2. The van der Waals surface area contributed by atoms with Crippen molar-refractivity contribution in [1.29, 1.82) is 0 Å². The average Bonchev–Trinajstić information content (AvgIpc) is 1.60. The fourth-order valence-electron chi connectivity index (χ4n) is 0.275. The summed E-state index contributed by atoms with van der Waals surface area (Å²) in [6, 6.07) is 0. The standard InChI is InChI=1S/C4H3F3O3/c5-4(6,7)2(1-8)3(9)10/h1-2H,(H,9,10). The Hall–Kier alpha value is -1.07. The van der Waals surface area contributed by atoms with E-state index in [9.17, 15) is 22.8 Å². The highest BCUT2D eigenvalue weighted by molar-refractivity contribution is 5.87. The Balaban J connectivity index is 4.36. The lowest BCUT2D eigenvalue weighted by molar-refractivity contribution is -0.190. The van der Waals surface area contributed by atoms with Crippen LogP contribution in [0.25, 0.3) is 0 Å². The number of rotatable bonds is 2. The highest BCUT2D eigenvalue weighted by atomic mass is 19.4. The van der Waals surface area contributed by atoms with E-state index in [1.165, 1.54) is 0 Å². The van der Waals surface area contributed by atoms with Crippen molar-refractivity contribution < 1.29 is 27.9 Å². The van der Waals surface area contributed by atoms with Crippen LogP contribution < -0.4 is 0 Å². The second-order valence-electron chi connectivity index (χ2n) is 1.49. The zero-order chi connectivity index (χ0) is 8.36. The predicted octanol–water partition coefficient (Wildman–Crippen LogP) is 0.448. The van der Waals surface area contributed by atoms with Crippen LogP contribution in [-0.2, 0) is 9.59 Å².